The average molecular weight is 524 g/mol. The van der Waals surface area contributed by atoms with Crippen molar-refractivity contribution in [3.63, 3.8) is 0 Å². The van der Waals surface area contributed by atoms with E-state index in [2.05, 4.69) is 5.32 Å². The number of aliphatic hydroxyl groups is 2. The number of rotatable bonds is 4. The van der Waals surface area contributed by atoms with Crippen molar-refractivity contribution in [1.29, 1.82) is 0 Å². The molecule has 0 radical (unpaired) electrons. The molecular weight excluding hydrogens is 486 g/mol. The molecule has 204 valence electrons. The van der Waals surface area contributed by atoms with Crippen LogP contribution < -0.4 is 5.32 Å². The van der Waals surface area contributed by atoms with Gasteiger partial charge in [0.15, 0.2) is 11.4 Å². The Morgan fingerprint density at radius 2 is 1.74 bits per heavy atom. The first-order valence-electron chi connectivity index (χ1n) is 13.2. The van der Waals surface area contributed by atoms with Gasteiger partial charge < -0.3 is 25.0 Å². The number of para-hydroxylation sites is 1. The zero-order chi connectivity index (χ0) is 27.9. The summed E-state index contributed by atoms with van der Waals surface area (Å²) >= 11 is 0. The van der Waals surface area contributed by atoms with E-state index in [0.717, 1.165) is 0 Å². The number of anilines is 1. The van der Waals surface area contributed by atoms with Crippen LogP contribution in [0.15, 0.2) is 47.6 Å². The summed E-state index contributed by atoms with van der Waals surface area (Å²) in [6.07, 6.45) is 1.55. The molecule has 0 heterocycles. The van der Waals surface area contributed by atoms with Gasteiger partial charge in [0.25, 0.3) is 0 Å². The molecule has 2 saturated carbocycles. The molecule has 2 fully saturated rings. The SMILES string of the molecule is CNc1ccccc1C(=O)O[C@@H]1[C@@H](C)[C@]2(O)[C@@H]3C=C(C)C(=O)[C@H]3[C@H](O)C(C)=C[C@@H]2[C@@H]2C(C)(C)[C@]12OC(C)=O. The number of ether oxygens (including phenoxy) is 2. The van der Waals surface area contributed by atoms with Crippen molar-refractivity contribution in [1.82, 2.24) is 0 Å². The molecule has 9 atom stereocenters. The summed E-state index contributed by atoms with van der Waals surface area (Å²) in [4.78, 5) is 39.3. The lowest BCUT2D eigenvalue weighted by atomic mass is 9.59. The van der Waals surface area contributed by atoms with Crippen LogP contribution in [-0.2, 0) is 19.1 Å². The minimum absolute atomic E-state index is 0.195. The van der Waals surface area contributed by atoms with Gasteiger partial charge in [-0.15, -0.1) is 0 Å². The number of esters is 2. The molecule has 0 bridgehead atoms. The van der Waals surface area contributed by atoms with Gasteiger partial charge in [-0.25, -0.2) is 4.79 Å². The van der Waals surface area contributed by atoms with Gasteiger partial charge in [0.1, 0.15) is 6.10 Å². The molecule has 0 spiro atoms. The minimum atomic E-state index is -1.55. The Balaban J connectivity index is 1.68. The Morgan fingerprint density at radius 1 is 1.08 bits per heavy atom. The molecule has 1 aromatic carbocycles. The van der Waals surface area contributed by atoms with Crippen LogP contribution in [0.25, 0.3) is 0 Å². The normalized spacial score (nSPS) is 40.4. The molecule has 8 heteroatoms. The second-order valence-electron chi connectivity index (χ2n) is 12.0. The number of nitrogens with one attached hydrogen (secondary N) is 1. The number of hydrogen-bond acceptors (Lipinski definition) is 8. The maximum absolute atomic E-state index is 13.6. The van der Waals surface area contributed by atoms with E-state index >= 15 is 0 Å². The van der Waals surface area contributed by atoms with E-state index in [9.17, 15) is 24.6 Å². The van der Waals surface area contributed by atoms with E-state index in [4.69, 9.17) is 9.47 Å². The predicted octanol–water partition coefficient (Wildman–Crippen LogP) is 3.29. The molecule has 0 saturated heterocycles. The fraction of sp³-hybridized carbons (Fsp3) is 0.567. The van der Waals surface area contributed by atoms with Crippen LogP contribution in [0.1, 0.15) is 51.9 Å². The van der Waals surface area contributed by atoms with E-state index in [1.54, 1.807) is 58.2 Å². The van der Waals surface area contributed by atoms with Gasteiger partial charge in [0.05, 0.1) is 23.2 Å². The van der Waals surface area contributed by atoms with Gasteiger partial charge in [0, 0.05) is 48.7 Å². The number of ketones is 1. The van der Waals surface area contributed by atoms with E-state index in [1.165, 1.54) is 6.92 Å². The standard InChI is InChI=1S/C30H37NO7/c1-14-12-19-22(23(14)33)24(34)15(2)13-20-25-28(5,6)30(25,38-17(4)32)26(16(3)29(19,20)36)37-27(35)18-10-8-9-11-21(18)31-7/h8-13,16,19-20,22,24-26,31,34,36H,1-7H3/t16-,19-,20-,22+,24-,25-,26-,29+,30-/m1/s1. The summed E-state index contributed by atoms with van der Waals surface area (Å²) in [6, 6.07) is 6.95. The highest BCUT2D eigenvalue weighted by Crippen LogP contribution is 2.77. The number of Topliss-reactive ketones (excluding diaryl/α,β-unsaturated/α-hetero) is 1. The van der Waals surface area contributed by atoms with E-state index in [1.807, 2.05) is 19.9 Å². The van der Waals surface area contributed by atoms with Crippen molar-refractivity contribution in [2.75, 3.05) is 12.4 Å². The zero-order valence-corrected chi connectivity index (χ0v) is 22.9. The monoisotopic (exact) mass is 523 g/mol. The number of fused-ring (bicyclic) bond motifs is 5. The molecule has 38 heavy (non-hydrogen) atoms. The number of hydrogen-bond donors (Lipinski definition) is 3. The van der Waals surface area contributed by atoms with Crippen LogP contribution in [0.4, 0.5) is 5.69 Å². The van der Waals surface area contributed by atoms with Crippen LogP contribution in [0.5, 0.6) is 0 Å². The summed E-state index contributed by atoms with van der Waals surface area (Å²) < 4.78 is 12.3. The van der Waals surface area contributed by atoms with Crippen molar-refractivity contribution >= 4 is 23.4 Å². The van der Waals surface area contributed by atoms with Gasteiger partial charge in [-0.3, -0.25) is 9.59 Å². The van der Waals surface area contributed by atoms with E-state index < -0.39 is 70.4 Å². The second kappa shape index (κ2) is 8.52. The number of allylic oxidation sites excluding steroid dienone is 1. The second-order valence-corrected chi connectivity index (χ2v) is 12.0. The highest BCUT2D eigenvalue weighted by molar-refractivity contribution is 6.00. The lowest BCUT2D eigenvalue weighted by Gasteiger charge is -2.52. The zero-order valence-electron chi connectivity index (χ0n) is 22.9. The molecular formula is C30H37NO7. The van der Waals surface area contributed by atoms with Crippen molar-refractivity contribution in [3.05, 3.63) is 53.1 Å². The van der Waals surface area contributed by atoms with Crippen molar-refractivity contribution < 1.29 is 34.1 Å². The summed E-state index contributed by atoms with van der Waals surface area (Å²) in [5, 5.41) is 26.9. The number of aliphatic hydroxyl groups excluding tert-OH is 1. The molecule has 0 amide bonds. The smallest absolute Gasteiger partial charge is 0.340 e. The Hall–Kier alpha value is -2.97. The van der Waals surface area contributed by atoms with Gasteiger partial charge in [-0.2, -0.15) is 0 Å². The van der Waals surface area contributed by atoms with Gasteiger partial charge in [-0.1, -0.05) is 45.1 Å². The number of carbonyl (C=O) groups is 3. The van der Waals surface area contributed by atoms with Crippen LogP contribution in [0, 0.1) is 35.0 Å². The first-order valence-corrected chi connectivity index (χ1v) is 13.2. The summed E-state index contributed by atoms with van der Waals surface area (Å²) in [5.74, 6) is -4.55. The topological polar surface area (TPSA) is 122 Å². The molecule has 1 aromatic rings. The van der Waals surface area contributed by atoms with Gasteiger partial charge in [0.2, 0.25) is 0 Å². The predicted molar refractivity (Wildman–Crippen MR) is 140 cm³/mol. The van der Waals surface area contributed by atoms with E-state index in [-0.39, 0.29) is 5.78 Å². The molecule has 0 unspecified atom stereocenters. The first kappa shape index (κ1) is 26.6. The fourth-order valence-electron chi connectivity index (χ4n) is 8.04. The number of benzene rings is 1. The van der Waals surface area contributed by atoms with Crippen LogP contribution in [0.2, 0.25) is 0 Å². The Labute approximate surface area is 223 Å². The quantitative estimate of drug-likeness (QED) is 0.406. The third-order valence-electron chi connectivity index (χ3n) is 9.92. The Morgan fingerprint density at radius 3 is 2.37 bits per heavy atom. The molecule has 0 aliphatic heterocycles. The maximum atomic E-state index is 13.6. The van der Waals surface area contributed by atoms with Crippen LogP contribution in [-0.4, -0.2) is 58.4 Å². The third-order valence-corrected chi connectivity index (χ3v) is 9.92. The molecule has 0 aromatic heterocycles. The minimum Gasteiger partial charge on any atom is -0.454 e. The van der Waals surface area contributed by atoms with Crippen LogP contribution >= 0.6 is 0 Å². The Kier molecular flexibility index (Phi) is 5.97. The molecule has 4 aliphatic carbocycles. The van der Waals surface area contributed by atoms with Crippen molar-refractivity contribution in [2.24, 2.45) is 35.0 Å². The molecule has 5 rings (SSSR count). The summed E-state index contributed by atoms with van der Waals surface area (Å²) in [5.41, 5.74) is -1.41. The Bertz CT molecular complexity index is 1280. The lowest BCUT2D eigenvalue weighted by molar-refractivity contribution is -0.208. The highest BCUT2D eigenvalue weighted by atomic mass is 16.6. The largest absolute Gasteiger partial charge is 0.454 e. The van der Waals surface area contributed by atoms with E-state index in [0.29, 0.717) is 22.4 Å². The van der Waals surface area contributed by atoms with Crippen LogP contribution in [0.3, 0.4) is 0 Å². The summed E-state index contributed by atoms with van der Waals surface area (Å²) in [7, 11) is 1.71. The van der Waals surface area contributed by atoms with Gasteiger partial charge >= 0.3 is 11.9 Å². The first-order chi connectivity index (χ1) is 17.7. The lowest BCUT2D eigenvalue weighted by Crippen LogP contribution is -2.64. The average Bonchev–Trinajstić information content (AvgIpc) is 3.20. The number of carbonyl (C=O) groups excluding carboxylic acids is 3. The van der Waals surface area contributed by atoms with Crippen molar-refractivity contribution in [3.8, 4) is 0 Å². The highest BCUT2D eigenvalue weighted by Gasteiger charge is 2.87. The molecule has 4 aliphatic rings. The summed E-state index contributed by atoms with van der Waals surface area (Å²) in [6.45, 7) is 10.5. The molecule has 8 nitrogen and oxygen atoms in total. The molecule has 3 N–H and O–H groups in total. The van der Waals surface area contributed by atoms with Crippen molar-refractivity contribution in [2.45, 2.75) is 65.0 Å². The van der Waals surface area contributed by atoms with Gasteiger partial charge in [-0.05, 0) is 37.1 Å². The maximum Gasteiger partial charge on any atom is 0.340 e. The fourth-order valence-corrected chi connectivity index (χ4v) is 8.04. The third kappa shape index (κ3) is 3.26.